The van der Waals surface area contributed by atoms with E-state index in [9.17, 15) is 10.2 Å². The minimum absolute atomic E-state index is 0.265. The van der Waals surface area contributed by atoms with Gasteiger partial charge in [0.25, 0.3) is 0 Å². The lowest BCUT2D eigenvalue weighted by atomic mass is 9.95. The number of benzene rings is 2. The van der Waals surface area contributed by atoms with Crippen molar-refractivity contribution >= 4 is 44.0 Å². The molecule has 0 spiro atoms. The molecule has 190 valence electrons. The molecule has 0 bridgehead atoms. The predicted molar refractivity (Wildman–Crippen MR) is 148 cm³/mol. The van der Waals surface area contributed by atoms with Gasteiger partial charge in [0.05, 0.1) is 48.6 Å². The molecule has 1 atom stereocenters. The molecule has 6 aromatic rings. The first-order valence-corrected chi connectivity index (χ1v) is 13.4. The quantitative estimate of drug-likeness (QED) is 0.288. The Morgan fingerprint density at radius 1 is 1.08 bits per heavy atom. The molecule has 10 heteroatoms. The van der Waals surface area contributed by atoms with E-state index in [4.69, 9.17) is 0 Å². The third-order valence-corrected chi connectivity index (χ3v) is 8.14. The maximum Gasteiger partial charge on any atom is 0.142 e. The third-order valence-electron chi connectivity index (χ3n) is 6.97. The van der Waals surface area contributed by atoms with Crippen molar-refractivity contribution in [2.45, 2.75) is 32.0 Å². The van der Waals surface area contributed by atoms with Gasteiger partial charge in [-0.05, 0) is 42.2 Å². The SMILES string of the molecule is OC[C@H](O)Cn1cc2c(n1)CCc1c-2sc2ncnc(Nc3ccc4c(cnn4Cc4ccccc4)c3)c12. The summed E-state index contributed by atoms with van der Waals surface area (Å²) in [4.78, 5) is 11.3. The fourth-order valence-electron chi connectivity index (χ4n) is 5.17. The number of aliphatic hydroxyl groups is 2. The first kappa shape index (κ1) is 23.0. The average molecular weight is 524 g/mol. The minimum atomic E-state index is -0.831. The maximum atomic E-state index is 9.85. The van der Waals surface area contributed by atoms with E-state index in [0.29, 0.717) is 0 Å². The van der Waals surface area contributed by atoms with Crippen LogP contribution in [-0.2, 0) is 25.9 Å². The molecule has 1 aliphatic rings. The van der Waals surface area contributed by atoms with E-state index in [2.05, 4.69) is 55.8 Å². The minimum Gasteiger partial charge on any atom is -0.394 e. The summed E-state index contributed by atoms with van der Waals surface area (Å²) < 4.78 is 3.74. The number of fused-ring (bicyclic) bond motifs is 6. The van der Waals surface area contributed by atoms with E-state index < -0.39 is 6.10 Å². The van der Waals surface area contributed by atoms with Gasteiger partial charge in [0.1, 0.15) is 17.0 Å². The Labute approximate surface area is 222 Å². The zero-order valence-electron chi connectivity index (χ0n) is 20.4. The van der Waals surface area contributed by atoms with Gasteiger partial charge in [0.15, 0.2) is 0 Å². The summed E-state index contributed by atoms with van der Waals surface area (Å²) in [6, 6.07) is 16.6. The van der Waals surface area contributed by atoms with Crippen LogP contribution in [0.1, 0.15) is 16.8 Å². The van der Waals surface area contributed by atoms with Crippen molar-refractivity contribution in [1.82, 2.24) is 29.5 Å². The fourth-order valence-corrected chi connectivity index (χ4v) is 6.39. The Morgan fingerprint density at radius 2 is 1.97 bits per heavy atom. The van der Waals surface area contributed by atoms with Crippen molar-refractivity contribution in [2.24, 2.45) is 0 Å². The summed E-state index contributed by atoms with van der Waals surface area (Å²) in [5.41, 5.74) is 6.53. The van der Waals surface area contributed by atoms with Crippen molar-refractivity contribution in [3.8, 4) is 10.4 Å². The Kier molecular flexibility index (Phi) is 5.65. The molecule has 3 N–H and O–H groups in total. The predicted octanol–water partition coefficient (Wildman–Crippen LogP) is 4.15. The van der Waals surface area contributed by atoms with Gasteiger partial charge in [-0.1, -0.05) is 30.3 Å². The van der Waals surface area contributed by atoms with Crippen LogP contribution in [-0.4, -0.2) is 52.5 Å². The number of thiophene rings is 1. The highest BCUT2D eigenvalue weighted by atomic mass is 32.1. The largest absolute Gasteiger partial charge is 0.394 e. The van der Waals surface area contributed by atoms with Crippen molar-refractivity contribution < 1.29 is 10.2 Å². The molecule has 0 radical (unpaired) electrons. The van der Waals surface area contributed by atoms with Crippen LogP contribution in [0.3, 0.4) is 0 Å². The third kappa shape index (κ3) is 4.03. The number of nitrogens with one attached hydrogen (secondary N) is 1. The number of hydrogen-bond donors (Lipinski definition) is 3. The van der Waals surface area contributed by atoms with E-state index in [-0.39, 0.29) is 13.2 Å². The number of hydrogen-bond acceptors (Lipinski definition) is 8. The summed E-state index contributed by atoms with van der Waals surface area (Å²) >= 11 is 1.64. The molecule has 38 heavy (non-hydrogen) atoms. The molecule has 2 aromatic carbocycles. The van der Waals surface area contributed by atoms with E-state index in [1.165, 1.54) is 11.1 Å². The van der Waals surface area contributed by atoms with Crippen LogP contribution < -0.4 is 5.32 Å². The van der Waals surface area contributed by atoms with Crippen molar-refractivity contribution in [1.29, 1.82) is 0 Å². The smallest absolute Gasteiger partial charge is 0.142 e. The van der Waals surface area contributed by atoms with Crippen LogP contribution in [0.15, 0.2) is 67.3 Å². The number of rotatable bonds is 7. The summed E-state index contributed by atoms with van der Waals surface area (Å²) in [7, 11) is 0. The Morgan fingerprint density at radius 3 is 2.84 bits per heavy atom. The van der Waals surface area contributed by atoms with Gasteiger partial charge in [0, 0.05) is 27.7 Å². The van der Waals surface area contributed by atoms with E-state index >= 15 is 0 Å². The molecular formula is C28H25N7O2S. The first-order chi connectivity index (χ1) is 18.7. The maximum absolute atomic E-state index is 9.85. The van der Waals surface area contributed by atoms with Gasteiger partial charge in [-0.3, -0.25) is 9.36 Å². The van der Waals surface area contributed by atoms with Crippen LogP contribution in [0.25, 0.3) is 31.6 Å². The molecule has 4 aromatic heterocycles. The van der Waals surface area contributed by atoms with E-state index in [1.807, 2.05) is 35.3 Å². The lowest BCUT2D eigenvalue weighted by Crippen LogP contribution is -2.20. The van der Waals surface area contributed by atoms with Crippen LogP contribution in [0.2, 0.25) is 0 Å². The molecular weight excluding hydrogens is 498 g/mol. The Balaban J connectivity index is 1.21. The second kappa shape index (κ2) is 9.32. The molecule has 1 aliphatic carbocycles. The molecule has 0 saturated carbocycles. The zero-order chi connectivity index (χ0) is 25.6. The summed E-state index contributed by atoms with van der Waals surface area (Å²) in [5.74, 6) is 0.787. The van der Waals surface area contributed by atoms with E-state index in [0.717, 1.165) is 68.1 Å². The monoisotopic (exact) mass is 523 g/mol. The highest BCUT2D eigenvalue weighted by Crippen LogP contribution is 2.45. The van der Waals surface area contributed by atoms with Crippen LogP contribution in [0, 0.1) is 0 Å². The van der Waals surface area contributed by atoms with Crippen LogP contribution >= 0.6 is 11.3 Å². The lowest BCUT2D eigenvalue weighted by molar-refractivity contribution is 0.0782. The summed E-state index contributed by atoms with van der Waals surface area (Å²) in [5, 5.41) is 34.0. The number of nitrogens with zero attached hydrogens (tertiary/aromatic N) is 6. The molecule has 0 amide bonds. The molecule has 9 nitrogen and oxygen atoms in total. The van der Waals surface area contributed by atoms with Gasteiger partial charge in [-0.15, -0.1) is 11.3 Å². The number of anilines is 2. The number of aliphatic hydroxyl groups excluding tert-OH is 2. The van der Waals surface area contributed by atoms with Crippen LogP contribution in [0.5, 0.6) is 0 Å². The van der Waals surface area contributed by atoms with Crippen molar-refractivity contribution in [3.05, 3.63) is 84.1 Å². The molecule has 4 heterocycles. The van der Waals surface area contributed by atoms with Crippen LogP contribution in [0.4, 0.5) is 11.5 Å². The Hall–Kier alpha value is -4.12. The number of aromatic nitrogens is 6. The molecule has 0 unspecified atom stereocenters. The van der Waals surface area contributed by atoms with Gasteiger partial charge in [0.2, 0.25) is 0 Å². The fraction of sp³-hybridized carbons (Fsp3) is 0.214. The second-order valence-electron chi connectivity index (χ2n) is 9.55. The van der Waals surface area contributed by atoms with Gasteiger partial charge in [-0.2, -0.15) is 10.2 Å². The van der Waals surface area contributed by atoms with Crippen molar-refractivity contribution in [2.75, 3.05) is 11.9 Å². The zero-order valence-corrected chi connectivity index (χ0v) is 21.3. The Bertz CT molecular complexity index is 1770. The van der Waals surface area contributed by atoms with Gasteiger partial charge < -0.3 is 15.5 Å². The summed E-state index contributed by atoms with van der Waals surface area (Å²) in [6.45, 7) is 0.700. The van der Waals surface area contributed by atoms with Gasteiger partial charge >= 0.3 is 0 Å². The number of aryl methyl sites for hydroxylation is 2. The molecule has 0 aliphatic heterocycles. The molecule has 0 fully saturated rings. The first-order valence-electron chi connectivity index (χ1n) is 12.5. The topological polar surface area (TPSA) is 114 Å². The summed E-state index contributed by atoms with van der Waals surface area (Å²) in [6.07, 6.45) is 6.28. The van der Waals surface area contributed by atoms with E-state index in [1.54, 1.807) is 22.3 Å². The normalized spacial score (nSPS) is 13.5. The second-order valence-corrected chi connectivity index (χ2v) is 10.5. The lowest BCUT2D eigenvalue weighted by Gasteiger charge is -2.12. The highest BCUT2D eigenvalue weighted by molar-refractivity contribution is 7.22. The highest BCUT2D eigenvalue weighted by Gasteiger charge is 2.26. The average Bonchev–Trinajstić information content (AvgIpc) is 3.64. The molecule has 0 saturated heterocycles. The van der Waals surface area contributed by atoms with Gasteiger partial charge in [-0.25, -0.2) is 9.97 Å². The molecule has 7 rings (SSSR count). The standard InChI is InChI=1S/C28H25N7O2S/c36-15-20(37)13-34-14-22-23(33-34)8-7-21-25-27(29-16-30-28(25)38-26(21)22)32-19-6-9-24-18(10-19)11-31-35(24)12-17-4-2-1-3-5-17/h1-6,9-11,14,16,20,36-37H,7-8,12-13,15H2,(H,29,30,32)/t20-/m1/s1. The van der Waals surface area contributed by atoms with Crippen molar-refractivity contribution in [3.63, 3.8) is 0 Å².